The van der Waals surface area contributed by atoms with Crippen LogP contribution in [0.25, 0.3) is 0 Å². The van der Waals surface area contributed by atoms with Gasteiger partial charge in [-0.05, 0) is 63.7 Å². The van der Waals surface area contributed by atoms with Crippen LogP contribution in [-0.2, 0) is 9.53 Å². The number of unbranched alkanes of at least 4 members (excludes halogenated alkanes) is 6. The van der Waals surface area contributed by atoms with Crippen molar-refractivity contribution >= 4 is 5.97 Å². The number of hydrogen-bond donors (Lipinski definition) is 0. The summed E-state index contributed by atoms with van der Waals surface area (Å²) in [6.07, 6.45) is 20.6. The zero-order valence-corrected chi connectivity index (χ0v) is 19.2. The Kier molecular flexibility index (Phi) is 11.1. The maximum Gasteiger partial charge on any atom is 0.309 e. The van der Waals surface area contributed by atoms with Gasteiger partial charge in [0.25, 0.3) is 0 Å². The van der Waals surface area contributed by atoms with E-state index in [4.69, 9.17) is 4.74 Å². The second kappa shape index (κ2) is 13.3. The summed E-state index contributed by atoms with van der Waals surface area (Å²) >= 11 is 0. The zero-order chi connectivity index (χ0) is 21.0. The van der Waals surface area contributed by atoms with Gasteiger partial charge in [-0.1, -0.05) is 71.6 Å². The van der Waals surface area contributed by atoms with E-state index in [2.05, 4.69) is 19.9 Å². The van der Waals surface area contributed by atoms with Crippen LogP contribution >= 0.6 is 0 Å². The molecule has 0 aromatic rings. The van der Waals surface area contributed by atoms with Gasteiger partial charge >= 0.3 is 5.97 Å². The van der Waals surface area contributed by atoms with E-state index in [0.29, 0.717) is 0 Å². The van der Waals surface area contributed by atoms with Gasteiger partial charge in [-0.25, -0.2) is 0 Å². The summed E-state index contributed by atoms with van der Waals surface area (Å²) in [5.74, 6) is 0.999. The summed E-state index contributed by atoms with van der Waals surface area (Å²) in [4.78, 5) is 12.6. The molecule has 29 heavy (non-hydrogen) atoms. The predicted octanol–water partition coefficient (Wildman–Crippen LogP) is 7.73. The van der Waals surface area contributed by atoms with Crippen LogP contribution in [0.3, 0.4) is 0 Å². The lowest BCUT2D eigenvalue weighted by Gasteiger charge is -2.35. The molecule has 0 saturated heterocycles. The lowest BCUT2D eigenvalue weighted by Crippen LogP contribution is -2.33. The molecule has 3 nitrogen and oxygen atoms in total. The first-order valence-electron chi connectivity index (χ1n) is 12.7. The van der Waals surface area contributed by atoms with Crippen molar-refractivity contribution in [2.24, 2.45) is 17.3 Å². The van der Waals surface area contributed by atoms with Gasteiger partial charge < -0.3 is 4.74 Å². The van der Waals surface area contributed by atoms with E-state index in [-0.39, 0.29) is 23.4 Å². The van der Waals surface area contributed by atoms with Gasteiger partial charge in [0.05, 0.1) is 17.4 Å². The SMILES string of the molecule is CCCCCCC[C@]1(C#N)CC[C@@H](OC(=O)[C@H]2CC[C@H](CCCCC)CC2)CC1. The van der Waals surface area contributed by atoms with Crippen molar-refractivity contribution in [2.45, 2.75) is 136 Å². The van der Waals surface area contributed by atoms with Gasteiger partial charge in [0.1, 0.15) is 6.10 Å². The van der Waals surface area contributed by atoms with Gasteiger partial charge in [-0.15, -0.1) is 0 Å². The van der Waals surface area contributed by atoms with E-state index in [0.717, 1.165) is 50.9 Å². The molecule has 0 spiro atoms. The second-order valence-electron chi connectivity index (χ2n) is 9.91. The van der Waals surface area contributed by atoms with Crippen molar-refractivity contribution in [3.63, 3.8) is 0 Å². The molecule has 0 bridgehead atoms. The van der Waals surface area contributed by atoms with Gasteiger partial charge in [0, 0.05) is 0 Å². The molecule has 0 N–H and O–H groups in total. The predicted molar refractivity (Wildman–Crippen MR) is 119 cm³/mol. The molecular formula is C26H45NO2. The molecule has 0 unspecified atom stereocenters. The molecule has 2 fully saturated rings. The number of carbonyl (C=O) groups is 1. The first-order chi connectivity index (χ1) is 14.1. The molecule has 2 saturated carbocycles. The first-order valence-corrected chi connectivity index (χ1v) is 12.7. The van der Waals surface area contributed by atoms with Crippen LogP contribution in [0.1, 0.15) is 129 Å². The quantitative estimate of drug-likeness (QED) is 0.247. The Balaban J connectivity index is 1.65. The molecule has 2 aliphatic rings. The summed E-state index contributed by atoms with van der Waals surface area (Å²) in [6, 6.07) is 2.63. The Morgan fingerprint density at radius 3 is 2.14 bits per heavy atom. The maximum atomic E-state index is 12.6. The molecule has 2 rings (SSSR count). The Bertz CT molecular complexity index is 493. The smallest absolute Gasteiger partial charge is 0.309 e. The van der Waals surface area contributed by atoms with E-state index in [9.17, 15) is 10.1 Å². The number of rotatable bonds is 12. The minimum atomic E-state index is -0.161. The fraction of sp³-hybridized carbons (Fsp3) is 0.923. The lowest BCUT2D eigenvalue weighted by molar-refractivity contribution is -0.158. The summed E-state index contributed by atoms with van der Waals surface area (Å²) in [5, 5.41) is 9.76. The number of nitriles is 1. The molecule has 0 heterocycles. The number of ether oxygens (including phenoxy) is 1. The highest BCUT2D eigenvalue weighted by atomic mass is 16.5. The third-order valence-electron chi connectivity index (χ3n) is 7.56. The van der Waals surface area contributed by atoms with Gasteiger partial charge in [-0.3, -0.25) is 4.79 Å². The first kappa shape index (κ1) is 24.2. The Labute approximate surface area is 180 Å². The summed E-state index contributed by atoms with van der Waals surface area (Å²) in [6.45, 7) is 4.49. The Morgan fingerprint density at radius 1 is 0.897 bits per heavy atom. The molecule has 166 valence electrons. The molecule has 0 atom stereocenters. The molecule has 3 heteroatoms. The highest BCUT2D eigenvalue weighted by Gasteiger charge is 2.37. The largest absolute Gasteiger partial charge is 0.462 e. The number of esters is 1. The average molecular weight is 404 g/mol. The van der Waals surface area contributed by atoms with Gasteiger partial charge in [-0.2, -0.15) is 5.26 Å². The monoisotopic (exact) mass is 403 g/mol. The van der Waals surface area contributed by atoms with Gasteiger partial charge in [0.2, 0.25) is 0 Å². The van der Waals surface area contributed by atoms with Crippen molar-refractivity contribution in [1.82, 2.24) is 0 Å². The van der Waals surface area contributed by atoms with Crippen LogP contribution in [0.2, 0.25) is 0 Å². The highest BCUT2D eigenvalue weighted by molar-refractivity contribution is 5.72. The van der Waals surface area contributed by atoms with Crippen LogP contribution < -0.4 is 0 Å². The zero-order valence-electron chi connectivity index (χ0n) is 19.2. The van der Waals surface area contributed by atoms with Crippen LogP contribution in [-0.4, -0.2) is 12.1 Å². The molecule has 0 radical (unpaired) electrons. The van der Waals surface area contributed by atoms with Crippen molar-refractivity contribution in [3.8, 4) is 6.07 Å². The summed E-state index contributed by atoms with van der Waals surface area (Å²) in [5.41, 5.74) is -0.161. The van der Waals surface area contributed by atoms with E-state index in [1.54, 1.807) is 0 Å². The second-order valence-corrected chi connectivity index (χ2v) is 9.91. The maximum absolute atomic E-state index is 12.6. The normalized spacial score (nSPS) is 29.9. The highest BCUT2D eigenvalue weighted by Crippen LogP contribution is 2.41. The molecule has 0 aromatic carbocycles. The average Bonchev–Trinajstić information content (AvgIpc) is 2.75. The van der Waals surface area contributed by atoms with E-state index >= 15 is 0 Å². The summed E-state index contributed by atoms with van der Waals surface area (Å²) in [7, 11) is 0. The van der Waals surface area contributed by atoms with E-state index in [1.807, 2.05) is 0 Å². The fourth-order valence-electron chi connectivity index (χ4n) is 5.38. The van der Waals surface area contributed by atoms with Crippen molar-refractivity contribution in [3.05, 3.63) is 0 Å². The lowest BCUT2D eigenvalue weighted by atomic mass is 9.71. The van der Waals surface area contributed by atoms with Crippen molar-refractivity contribution < 1.29 is 9.53 Å². The number of nitrogens with zero attached hydrogens (tertiary/aromatic N) is 1. The minimum absolute atomic E-state index is 0.0473. The number of hydrogen-bond acceptors (Lipinski definition) is 3. The fourth-order valence-corrected chi connectivity index (χ4v) is 5.38. The summed E-state index contributed by atoms with van der Waals surface area (Å²) < 4.78 is 5.91. The standard InChI is InChI=1S/C26H45NO2/c1-3-5-7-8-10-18-26(21-27)19-16-24(17-20-26)29-25(28)23-14-12-22(13-15-23)11-9-6-4-2/h22-24H,3-20H2,1-2H3/t22-,23-,24-,26+. The van der Waals surface area contributed by atoms with Crippen LogP contribution in [0.5, 0.6) is 0 Å². The Morgan fingerprint density at radius 2 is 1.52 bits per heavy atom. The van der Waals surface area contributed by atoms with Crippen LogP contribution in [0.15, 0.2) is 0 Å². The third-order valence-corrected chi connectivity index (χ3v) is 7.56. The van der Waals surface area contributed by atoms with E-state index < -0.39 is 0 Å². The molecular weight excluding hydrogens is 358 g/mol. The molecule has 0 aliphatic heterocycles. The molecule has 0 aromatic heterocycles. The van der Waals surface area contributed by atoms with Crippen LogP contribution in [0.4, 0.5) is 0 Å². The van der Waals surface area contributed by atoms with Gasteiger partial charge in [0.15, 0.2) is 0 Å². The Hall–Kier alpha value is -1.04. The number of carbonyl (C=O) groups excluding carboxylic acids is 1. The van der Waals surface area contributed by atoms with Crippen LogP contribution in [0, 0.1) is 28.6 Å². The molecule has 0 amide bonds. The third kappa shape index (κ3) is 8.31. The molecule has 2 aliphatic carbocycles. The van der Waals surface area contributed by atoms with E-state index in [1.165, 1.54) is 70.6 Å². The van der Waals surface area contributed by atoms with Crippen molar-refractivity contribution in [1.29, 1.82) is 5.26 Å². The minimum Gasteiger partial charge on any atom is -0.462 e. The van der Waals surface area contributed by atoms with Crippen molar-refractivity contribution in [2.75, 3.05) is 0 Å². The topological polar surface area (TPSA) is 50.1 Å².